The van der Waals surface area contributed by atoms with Crippen LogP contribution in [0.15, 0.2) is 41.2 Å². The molecule has 0 amide bonds. The number of rotatable bonds is 4. The van der Waals surface area contributed by atoms with Crippen molar-refractivity contribution in [3.63, 3.8) is 0 Å². The van der Waals surface area contributed by atoms with E-state index in [2.05, 4.69) is 15.0 Å². The highest BCUT2D eigenvalue weighted by atomic mass is 35.5. The Morgan fingerprint density at radius 1 is 1.18 bits per heavy atom. The molecule has 0 unspecified atom stereocenters. The van der Waals surface area contributed by atoms with Crippen LogP contribution in [0.5, 0.6) is 0 Å². The number of fused-ring (bicyclic) bond motifs is 1. The van der Waals surface area contributed by atoms with Gasteiger partial charge < -0.3 is 11.5 Å². The molecule has 9 nitrogen and oxygen atoms in total. The summed E-state index contributed by atoms with van der Waals surface area (Å²) in [6, 6.07) is 9.31. The molecule has 0 atom stereocenters. The van der Waals surface area contributed by atoms with E-state index in [1.165, 1.54) is 23.1 Å². The standard InChI is InChI=1S/C21H15ClF2N8O/c1-2-31(18-13(9-25)17(26)29-20(27)30-18)21-28-15-5-3-4-14(24)16(15)19(33)32(21)12-7-10(22)6-11(23)8-12/h3-8H,2H2,1H3,(H4,26,27,29,30). The minimum Gasteiger partial charge on any atom is -0.382 e. The Balaban J connectivity index is 2.15. The summed E-state index contributed by atoms with van der Waals surface area (Å²) in [7, 11) is 0. The highest BCUT2D eigenvalue weighted by Crippen LogP contribution is 2.31. The van der Waals surface area contributed by atoms with Gasteiger partial charge >= 0.3 is 0 Å². The third kappa shape index (κ3) is 3.77. The first kappa shape index (κ1) is 21.9. The van der Waals surface area contributed by atoms with Crippen LogP contribution in [-0.4, -0.2) is 26.1 Å². The molecular formula is C21H15ClF2N8O. The molecule has 0 aliphatic carbocycles. The SMILES string of the molecule is CCN(c1nc(N)nc(N)c1C#N)c1nc2cccc(F)c2c(=O)n1-c1cc(F)cc(Cl)c1. The smallest absolute Gasteiger partial charge is 0.270 e. The van der Waals surface area contributed by atoms with Gasteiger partial charge in [-0.2, -0.15) is 15.2 Å². The number of benzene rings is 2. The van der Waals surface area contributed by atoms with Gasteiger partial charge in [0.1, 0.15) is 34.5 Å². The molecule has 0 saturated heterocycles. The van der Waals surface area contributed by atoms with Crippen LogP contribution in [0.25, 0.3) is 16.6 Å². The van der Waals surface area contributed by atoms with Crippen molar-refractivity contribution in [2.75, 3.05) is 22.9 Å². The maximum atomic E-state index is 14.6. The van der Waals surface area contributed by atoms with Crippen LogP contribution in [-0.2, 0) is 0 Å². The summed E-state index contributed by atoms with van der Waals surface area (Å²) in [5, 5.41) is 9.32. The lowest BCUT2D eigenvalue weighted by atomic mass is 10.2. The number of hydrogen-bond donors (Lipinski definition) is 2. The molecule has 4 N–H and O–H groups in total. The molecule has 0 saturated carbocycles. The second-order valence-corrected chi connectivity index (χ2v) is 7.27. The Morgan fingerprint density at radius 2 is 1.94 bits per heavy atom. The van der Waals surface area contributed by atoms with Gasteiger partial charge in [0.2, 0.25) is 11.9 Å². The van der Waals surface area contributed by atoms with Crippen LogP contribution >= 0.6 is 11.6 Å². The topological polar surface area (TPSA) is 140 Å². The van der Waals surface area contributed by atoms with Gasteiger partial charge in [-0.3, -0.25) is 9.69 Å². The third-order valence-corrected chi connectivity index (χ3v) is 5.01. The van der Waals surface area contributed by atoms with E-state index in [0.29, 0.717) is 0 Å². The predicted molar refractivity (Wildman–Crippen MR) is 121 cm³/mol. The fraction of sp³-hybridized carbons (Fsp3) is 0.0952. The van der Waals surface area contributed by atoms with E-state index in [9.17, 15) is 18.8 Å². The number of hydrogen-bond acceptors (Lipinski definition) is 8. The van der Waals surface area contributed by atoms with Gasteiger partial charge in [-0.25, -0.2) is 18.3 Å². The zero-order valence-electron chi connectivity index (χ0n) is 17.1. The molecule has 4 aromatic rings. The maximum Gasteiger partial charge on any atom is 0.270 e. The normalized spacial score (nSPS) is 10.9. The Hall–Kier alpha value is -4.30. The molecule has 0 aliphatic rings. The summed E-state index contributed by atoms with van der Waals surface area (Å²) in [5.41, 5.74) is 10.7. The van der Waals surface area contributed by atoms with Gasteiger partial charge in [-0.15, -0.1) is 0 Å². The Bertz CT molecular complexity index is 1500. The number of nitrogens with two attached hydrogens (primary N) is 2. The highest BCUT2D eigenvalue weighted by Gasteiger charge is 2.25. The average molecular weight is 469 g/mol. The number of anilines is 4. The van der Waals surface area contributed by atoms with E-state index in [-0.39, 0.29) is 57.3 Å². The number of halogens is 3. The predicted octanol–water partition coefficient (Wildman–Crippen LogP) is 3.30. The van der Waals surface area contributed by atoms with Gasteiger partial charge in [0, 0.05) is 11.6 Å². The first-order valence-electron chi connectivity index (χ1n) is 9.53. The van der Waals surface area contributed by atoms with Crippen molar-refractivity contribution in [2.24, 2.45) is 0 Å². The van der Waals surface area contributed by atoms with Crippen LogP contribution in [0, 0.1) is 23.0 Å². The molecule has 0 fully saturated rings. The van der Waals surface area contributed by atoms with Crippen LogP contribution in [0.4, 0.5) is 32.3 Å². The summed E-state index contributed by atoms with van der Waals surface area (Å²) in [6.45, 7) is 1.82. The van der Waals surface area contributed by atoms with E-state index in [4.69, 9.17) is 23.1 Å². The largest absolute Gasteiger partial charge is 0.382 e. The molecule has 2 aromatic carbocycles. The number of nitriles is 1. The minimum absolute atomic E-state index is 0.00719. The maximum absolute atomic E-state index is 14.6. The summed E-state index contributed by atoms with van der Waals surface area (Å²) >= 11 is 6.01. The zero-order valence-corrected chi connectivity index (χ0v) is 17.8. The van der Waals surface area contributed by atoms with E-state index < -0.39 is 17.2 Å². The van der Waals surface area contributed by atoms with Crippen molar-refractivity contribution in [2.45, 2.75) is 6.92 Å². The Kier molecular flexibility index (Phi) is 5.53. The lowest BCUT2D eigenvalue weighted by Gasteiger charge is -2.26. The quantitative estimate of drug-likeness (QED) is 0.465. The summed E-state index contributed by atoms with van der Waals surface area (Å²) in [4.78, 5) is 27.2. The van der Waals surface area contributed by atoms with Crippen LogP contribution < -0.4 is 21.9 Å². The highest BCUT2D eigenvalue weighted by molar-refractivity contribution is 6.30. The molecular weight excluding hydrogens is 454 g/mol. The van der Waals surface area contributed by atoms with E-state index >= 15 is 0 Å². The monoisotopic (exact) mass is 468 g/mol. The lowest BCUT2D eigenvalue weighted by Crippen LogP contribution is -2.31. The van der Waals surface area contributed by atoms with Gasteiger partial charge in [0.25, 0.3) is 5.56 Å². The number of nitrogens with zero attached hydrogens (tertiary/aromatic N) is 6. The number of aromatic nitrogens is 4. The van der Waals surface area contributed by atoms with Crippen molar-refractivity contribution in [1.29, 1.82) is 5.26 Å². The molecule has 2 heterocycles. The summed E-state index contributed by atoms with van der Waals surface area (Å²) in [5.74, 6) is -2.02. The summed E-state index contributed by atoms with van der Waals surface area (Å²) in [6.07, 6.45) is 0. The van der Waals surface area contributed by atoms with E-state index in [1.807, 2.05) is 6.07 Å². The Morgan fingerprint density at radius 3 is 2.61 bits per heavy atom. The molecule has 0 spiro atoms. The molecule has 0 aliphatic heterocycles. The summed E-state index contributed by atoms with van der Waals surface area (Å²) < 4.78 is 29.8. The molecule has 4 rings (SSSR count). The first-order valence-corrected chi connectivity index (χ1v) is 9.91. The lowest BCUT2D eigenvalue weighted by molar-refractivity contribution is 0.626. The average Bonchev–Trinajstić information content (AvgIpc) is 2.73. The van der Waals surface area contributed by atoms with Gasteiger partial charge in [-0.05, 0) is 37.3 Å². The van der Waals surface area contributed by atoms with Crippen molar-refractivity contribution < 1.29 is 8.78 Å². The van der Waals surface area contributed by atoms with Gasteiger partial charge in [0.15, 0.2) is 5.82 Å². The van der Waals surface area contributed by atoms with Crippen molar-refractivity contribution in [3.05, 3.63) is 69.0 Å². The van der Waals surface area contributed by atoms with E-state index in [1.54, 1.807) is 6.92 Å². The fourth-order valence-corrected chi connectivity index (χ4v) is 3.65. The van der Waals surface area contributed by atoms with Crippen LogP contribution in [0.1, 0.15) is 12.5 Å². The zero-order chi connectivity index (χ0) is 23.9. The molecule has 12 heteroatoms. The van der Waals surface area contributed by atoms with Crippen LogP contribution in [0.2, 0.25) is 5.02 Å². The van der Waals surface area contributed by atoms with Crippen LogP contribution in [0.3, 0.4) is 0 Å². The second kappa shape index (κ2) is 8.33. The molecule has 0 bridgehead atoms. The minimum atomic E-state index is -0.818. The van der Waals surface area contributed by atoms with Crippen molar-refractivity contribution in [1.82, 2.24) is 19.5 Å². The molecule has 2 aromatic heterocycles. The van der Waals surface area contributed by atoms with Crippen molar-refractivity contribution >= 4 is 46.0 Å². The molecule has 166 valence electrons. The third-order valence-electron chi connectivity index (χ3n) is 4.79. The fourth-order valence-electron chi connectivity index (χ4n) is 3.43. The Labute approximate surface area is 190 Å². The van der Waals surface area contributed by atoms with E-state index in [0.717, 1.165) is 22.8 Å². The van der Waals surface area contributed by atoms with Crippen molar-refractivity contribution in [3.8, 4) is 11.8 Å². The van der Waals surface area contributed by atoms with Gasteiger partial charge in [-0.1, -0.05) is 17.7 Å². The molecule has 33 heavy (non-hydrogen) atoms. The second-order valence-electron chi connectivity index (χ2n) is 6.84. The number of nitrogen functional groups attached to an aromatic ring is 2. The first-order chi connectivity index (χ1) is 15.7. The van der Waals surface area contributed by atoms with Gasteiger partial charge in [0.05, 0.1) is 11.2 Å². The molecule has 0 radical (unpaired) electrons.